The Morgan fingerprint density at radius 1 is 1.32 bits per heavy atom. The smallest absolute Gasteiger partial charge is 0.270 e. The number of hydrogen-bond acceptors (Lipinski definition) is 3. The molecule has 0 unspecified atom stereocenters. The molecule has 0 aliphatic heterocycles. The van der Waals surface area contributed by atoms with Crippen LogP contribution >= 0.6 is 15.9 Å². The molecule has 0 fully saturated rings. The molecule has 0 saturated carbocycles. The van der Waals surface area contributed by atoms with Crippen LogP contribution < -0.4 is 10.6 Å². The summed E-state index contributed by atoms with van der Waals surface area (Å²) in [4.78, 5) is 16.0. The van der Waals surface area contributed by atoms with Crippen molar-refractivity contribution in [1.82, 2.24) is 10.3 Å². The van der Waals surface area contributed by atoms with Gasteiger partial charge in [0.1, 0.15) is 5.69 Å². The third kappa shape index (κ3) is 3.79. The van der Waals surface area contributed by atoms with Crippen molar-refractivity contribution in [1.29, 1.82) is 0 Å². The lowest BCUT2D eigenvalue weighted by Gasteiger charge is -2.06. The molecule has 19 heavy (non-hydrogen) atoms. The van der Waals surface area contributed by atoms with Crippen LogP contribution in [0.2, 0.25) is 0 Å². The summed E-state index contributed by atoms with van der Waals surface area (Å²) in [5, 5.41) is 5.80. The van der Waals surface area contributed by atoms with Crippen LogP contribution in [0.3, 0.4) is 0 Å². The van der Waals surface area contributed by atoms with E-state index in [-0.39, 0.29) is 5.91 Å². The topological polar surface area (TPSA) is 54.0 Å². The van der Waals surface area contributed by atoms with Crippen LogP contribution in [0.15, 0.2) is 47.1 Å². The molecule has 5 heteroatoms. The van der Waals surface area contributed by atoms with E-state index in [1.165, 1.54) is 0 Å². The second-order valence-electron chi connectivity index (χ2n) is 3.99. The predicted octanol–water partition coefficient (Wildman–Crippen LogP) is 2.82. The van der Waals surface area contributed by atoms with E-state index in [1.54, 1.807) is 12.3 Å². The first-order valence-corrected chi connectivity index (χ1v) is 6.65. The van der Waals surface area contributed by atoms with Gasteiger partial charge in [0.25, 0.3) is 5.91 Å². The van der Waals surface area contributed by atoms with Crippen molar-refractivity contribution >= 4 is 27.5 Å². The molecule has 2 aromatic rings. The largest absolute Gasteiger partial charge is 0.387 e. The molecular formula is C14H14BrN3O. The lowest BCUT2D eigenvalue weighted by atomic mass is 10.2. The first-order valence-electron chi connectivity index (χ1n) is 5.85. The zero-order valence-corrected chi connectivity index (χ0v) is 12.1. The zero-order valence-electron chi connectivity index (χ0n) is 10.5. The standard InChI is InChI=1S/C14H14BrN3O/c1-16-12-5-6-13(17-9-12)14(19)18-8-10-3-2-4-11(15)7-10/h2-7,9,16H,8H2,1H3,(H,18,19). The molecule has 1 aromatic heterocycles. The van der Waals surface area contributed by atoms with Crippen LogP contribution in [0, 0.1) is 0 Å². The van der Waals surface area contributed by atoms with Crippen LogP contribution in [0.25, 0.3) is 0 Å². The van der Waals surface area contributed by atoms with Gasteiger partial charge in [-0.15, -0.1) is 0 Å². The van der Waals surface area contributed by atoms with Crippen LogP contribution in [-0.4, -0.2) is 17.9 Å². The maximum absolute atomic E-state index is 11.9. The zero-order chi connectivity index (χ0) is 13.7. The number of halogens is 1. The molecule has 0 atom stereocenters. The van der Waals surface area contributed by atoms with Gasteiger partial charge in [-0.25, -0.2) is 4.98 Å². The van der Waals surface area contributed by atoms with Gasteiger partial charge < -0.3 is 10.6 Å². The van der Waals surface area contributed by atoms with Crippen molar-refractivity contribution in [2.24, 2.45) is 0 Å². The first-order chi connectivity index (χ1) is 9.19. The van der Waals surface area contributed by atoms with Crippen LogP contribution in [-0.2, 0) is 6.54 Å². The second-order valence-corrected chi connectivity index (χ2v) is 4.91. The van der Waals surface area contributed by atoms with Gasteiger partial charge >= 0.3 is 0 Å². The van der Waals surface area contributed by atoms with Gasteiger partial charge in [0.15, 0.2) is 0 Å². The van der Waals surface area contributed by atoms with E-state index >= 15 is 0 Å². The summed E-state index contributed by atoms with van der Waals surface area (Å²) in [5.74, 6) is -0.178. The molecule has 1 heterocycles. The van der Waals surface area contributed by atoms with Gasteiger partial charge in [0.2, 0.25) is 0 Å². The van der Waals surface area contributed by atoms with E-state index < -0.39 is 0 Å². The number of nitrogens with one attached hydrogen (secondary N) is 2. The number of rotatable bonds is 4. The van der Waals surface area contributed by atoms with Crippen LogP contribution in [0.5, 0.6) is 0 Å². The van der Waals surface area contributed by atoms with Gasteiger partial charge in [-0.2, -0.15) is 0 Å². The van der Waals surface area contributed by atoms with Crippen molar-refractivity contribution in [3.05, 3.63) is 58.3 Å². The highest BCUT2D eigenvalue weighted by Crippen LogP contribution is 2.11. The summed E-state index contributed by atoms with van der Waals surface area (Å²) in [6.45, 7) is 0.480. The Morgan fingerprint density at radius 3 is 2.79 bits per heavy atom. The van der Waals surface area contributed by atoms with Gasteiger partial charge in [-0.05, 0) is 29.8 Å². The monoisotopic (exact) mass is 319 g/mol. The summed E-state index contributed by atoms with van der Waals surface area (Å²) in [7, 11) is 1.81. The minimum absolute atomic E-state index is 0.178. The molecule has 98 valence electrons. The molecule has 0 aliphatic carbocycles. The van der Waals surface area contributed by atoms with Gasteiger partial charge in [-0.3, -0.25) is 4.79 Å². The normalized spacial score (nSPS) is 10.0. The van der Waals surface area contributed by atoms with Crippen molar-refractivity contribution in [2.45, 2.75) is 6.54 Å². The Morgan fingerprint density at radius 2 is 2.16 bits per heavy atom. The Balaban J connectivity index is 1.97. The molecular weight excluding hydrogens is 306 g/mol. The van der Waals surface area contributed by atoms with Crippen molar-refractivity contribution < 1.29 is 4.79 Å². The summed E-state index contributed by atoms with van der Waals surface area (Å²) in [6, 6.07) is 11.3. The number of anilines is 1. The third-order valence-corrected chi connectivity index (χ3v) is 3.12. The summed E-state index contributed by atoms with van der Waals surface area (Å²) >= 11 is 3.40. The quantitative estimate of drug-likeness (QED) is 0.911. The highest BCUT2D eigenvalue weighted by atomic mass is 79.9. The van der Waals surface area contributed by atoms with Crippen LogP contribution in [0.1, 0.15) is 16.1 Å². The molecule has 2 N–H and O–H groups in total. The number of amides is 1. The van der Waals surface area contributed by atoms with E-state index in [9.17, 15) is 4.79 Å². The fraction of sp³-hybridized carbons (Fsp3) is 0.143. The highest BCUT2D eigenvalue weighted by molar-refractivity contribution is 9.10. The van der Waals surface area contributed by atoms with E-state index in [0.29, 0.717) is 12.2 Å². The van der Waals surface area contributed by atoms with E-state index in [4.69, 9.17) is 0 Å². The molecule has 1 amide bonds. The van der Waals surface area contributed by atoms with E-state index in [2.05, 4.69) is 31.5 Å². The molecule has 0 bridgehead atoms. The number of benzene rings is 1. The van der Waals surface area contributed by atoms with Crippen molar-refractivity contribution in [3.63, 3.8) is 0 Å². The summed E-state index contributed by atoms with van der Waals surface area (Å²) < 4.78 is 0.996. The van der Waals surface area contributed by atoms with Gasteiger partial charge in [0.05, 0.1) is 11.9 Å². The Labute approximate surface area is 120 Å². The Kier molecular flexibility index (Phi) is 4.52. The molecule has 4 nitrogen and oxygen atoms in total. The number of nitrogens with zero attached hydrogens (tertiary/aromatic N) is 1. The van der Waals surface area contributed by atoms with E-state index in [1.807, 2.05) is 37.4 Å². The number of pyridine rings is 1. The van der Waals surface area contributed by atoms with E-state index in [0.717, 1.165) is 15.7 Å². The number of carbonyl (C=O) groups is 1. The SMILES string of the molecule is CNc1ccc(C(=O)NCc2cccc(Br)c2)nc1. The third-order valence-electron chi connectivity index (χ3n) is 2.63. The predicted molar refractivity (Wildman–Crippen MR) is 79.1 cm³/mol. The number of aromatic nitrogens is 1. The minimum atomic E-state index is -0.178. The Hall–Kier alpha value is -1.88. The maximum atomic E-state index is 11.9. The lowest BCUT2D eigenvalue weighted by Crippen LogP contribution is -2.23. The van der Waals surface area contributed by atoms with Crippen molar-refractivity contribution in [3.8, 4) is 0 Å². The second kappa shape index (κ2) is 6.33. The number of carbonyl (C=O) groups excluding carboxylic acids is 1. The molecule has 0 spiro atoms. The van der Waals surface area contributed by atoms with Crippen LogP contribution in [0.4, 0.5) is 5.69 Å². The molecule has 0 radical (unpaired) electrons. The molecule has 0 aliphatic rings. The number of hydrogen-bond donors (Lipinski definition) is 2. The average molecular weight is 320 g/mol. The summed E-state index contributed by atoms with van der Waals surface area (Å²) in [6.07, 6.45) is 1.63. The maximum Gasteiger partial charge on any atom is 0.270 e. The fourth-order valence-corrected chi connectivity index (χ4v) is 2.04. The van der Waals surface area contributed by atoms with Crippen molar-refractivity contribution in [2.75, 3.05) is 12.4 Å². The van der Waals surface area contributed by atoms with Gasteiger partial charge in [0, 0.05) is 18.1 Å². The lowest BCUT2D eigenvalue weighted by molar-refractivity contribution is 0.0946. The minimum Gasteiger partial charge on any atom is -0.387 e. The first kappa shape index (κ1) is 13.5. The average Bonchev–Trinajstić information content (AvgIpc) is 2.45. The van der Waals surface area contributed by atoms with Gasteiger partial charge in [-0.1, -0.05) is 28.1 Å². The highest BCUT2D eigenvalue weighted by Gasteiger charge is 2.06. The molecule has 0 saturated heterocycles. The Bertz CT molecular complexity index is 569. The molecule has 2 rings (SSSR count). The summed E-state index contributed by atoms with van der Waals surface area (Å²) in [5.41, 5.74) is 2.33. The fourth-order valence-electron chi connectivity index (χ4n) is 1.60. The molecule has 1 aromatic carbocycles.